The first kappa shape index (κ1) is 9.71. The van der Waals surface area contributed by atoms with Crippen molar-refractivity contribution in [1.29, 1.82) is 0 Å². The van der Waals surface area contributed by atoms with Crippen molar-refractivity contribution in [3.05, 3.63) is 31.7 Å². The summed E-state index contributed by atoms with van der Waals surface area (Å²) in [5.41, 5.74) is 0.869. The highest BCUT2D eigenvalue weighted by Gasteiger charge is 2.06. The highest BCUT2D eigenvalue weighted by molar-refractivity contribution is 14.1. The van der Waals surface area contributed by atoms with Gasteiger partial charge in [-0.3, -0.25) is 0 Å². The fourth-order valence-corrected chi connectivity index (χ4v) is 3.39. The number of fused-ring (bicyclic) bond motifs is 1. The van der Waals surface area contributed by atoms with Gasteiger partial charge in [-0.2, -0.15) is 0 Å². The van der Waals surface area contributed by atoms with Crippen LogP contribution in [0.4, 0.5) is 0 Å². The van der Waals surface area contributed by atoms with E-state index in [1.807, 2.05) is 12.1 Å². The first-order valence-electron chi connectivity index (χ1n) is 3.68. The zero-order valence-electron chi connectivity index (χ0n) is 6.55. The molecule has 0 radical (unpaired) electrons. The molecule has 0 aliphatic heterocycles. The second-order valence-electron chi connectivity index (χ2n) is 2.70. The van der Waals surface area contributed by atoms with Crippen LogP contribution < -0.4 is 0 Å². The third-order valence-electron chi connectivity index (χ3n) is 1.82. The van der Waals surface area contributed by atoms with Crippen LogP contribution in [0.3, 0.4) is 0 Å². The van der Waals surface area contributed by atoms with E-state index in [1.54, 1.807) is 11.3 Å². The van der Waals surface area contributed by atoms with Crippen molar-refractivity contribution in [3.63, 3.8) is 0 Å². The quantitative estimate of drug-likeness (QED) is 0.794. The highest BCUT2D eigenvalue weighted by atomic mass is 127. The molecule has 68 valence electrons. The molecule has 1 heterocycles. The van der Waals surface area contributed by atoms with Crippen molar-refractivity contribution in [1.82, 2.24) is 0 Å². The van der Waals surface area contributed by atoms with Gasteiger partial charge in [-0.15, -0.1) is 11.3 Å². The molecule has 13 heavy (non-hydrogen) atoms. The van der Waals surface area contributed by atoms with Crippen LogP contribution in [0.5, 0.6) is 0 Å². The number of aliphatic hydroxyl groups is 1. The predicted molar refractivity (Wildman–Crippen MR) is 65.5 cm³/mol. The maximum atomic E-state index is 8.99. The normalized spacial score (nSPS) is 11.0. The molecule has 0 bridgehead atoms. The summed E-state index contributed by atoms with van der Waals surface area (Å²) in [5, 5.41) is 12.9. The summed E-state index contributed by atoms with van der Waals surface area (Å²) in [6, 6.07) is 3.80. The minimum atomic E-state index is 0.0432. The number of halogens is 2. The van der Waals surface area contributed by atoms with Gasteiger partial charge in [-0.1, -0.05) is 11.6 Å². The number of hydrogen-bond donors (Lipinski definition) is 1. The molecule has 2 aromatic rings. The maximum Gasteiger partial charge on any atom is 0.0682 e. The maximum absolute atomic E-state index is 8.99. The van der Waals surface area contributed by atoms with Gasteiger partial charge >= 0.3 is 0 Å². The monoisotopic (exact) mass is 324 g/mol. The van der Waals surface area contributed by atoms with E-state index in [-0.39, 0.29) is 6.61 Å². The molecular formula is C9H6ClIOS. The SMILES string of the molecule is OCc1cc(Cl)c2scc(I)c2c1. The fourth-order valence-electron chi connectivity index (χ4n) is 1.21. The Morgan fingerprint density at radius 2 is 2.23 bits per heavy atom. The van der Waals surface area contributed by atoms with Crippen molar-refractivity contribution < 1.29 is 5.11 Å². The number of rotatable bonds is 1. The van der Waals surface area contributed by atoms with Crippen molar-refractivity contribution in [2.75, 3.05) is 0 Å². The Hall–Kier alpha value is 0.160. The molecule has 0 amide bonds. The summed E-state index contributed by atoms with van der Waals surface area (Å²) in [6.45, 7) is 0.0432. The van der Waals surface area contributed by atoms with Gasteiger partial charge in [0.2, 0.25) is 0 Å². The molecule has 1 aromatic heterocycles. The lowest BCUT2D eigenvalue weighted by molar-refractivity contribution is 0.282. The van der Waals surface area contributed by atoms with Gasteiger partial charge < -0.3 is 5.11 Å². The Balaban J connectivity index is 2.80. The van der Waals surface area contributed by atoms with E-state index in [4.69, 9.17) is 16.7 Å². The highest BCUT2D eigenvalue weighted by Crippen LogP contribution is 2.33. The molecule has 0 aliphatic carbocycles. The van der Waals surface area contributed by atoms with Gasteiger partial charge in [-0.25, -0.2) is 0 Å². The third kappa shape index (κ3) is 1.70. The zero-order valence-corrected chi connectivity index (χ0v) is 10.3. The molecule has 0 unspecified atom stereocenters. The Kier molecular flexibility index (Phi) is 2.78. The lowest BCUT2D eigenvalue weighted by Gasteiger charge is -1.99. The standard InChI is InChI=1S/C9H6ClIOS/c10-7-2-5(3-12)1-6-8(11)4-13-9(6)7/h1-2,4,12H,3H2. The van der Waals surface area contributed by atoms with Crippen LogP contribution in [-0.2, 0) is 6.61 Å². The van der Waals surface area contributed by atoms with Crippen LogP contribution in [-0.4, -0.2) is 5.11 Å². The van der Waals surface area contributed by atoms with E-state index >= 15 is 0 Å². The fraction of sp³-hybridized carbons (Fsp3) is 0.111. The summed E-state index contributed by atoms with van der Waals surface area (Å²) in [6.07, 6.45) is 0. The third-order valence-corrected chi connectivity index (χ3v) is 4.58. The van der Waals surface area contributed by atoms with E-state index in [0.717, 1.165) is 20.7 Å². The molecule has 0 aliphatic rings. The molecule has 0 spiro atoms. The summed E-state index contributed by atoms with van der Waals surface area (Å²) in [7, 11) is 0. The van der Waals surface area contributed by atoms with Gasteiger partial charge in [0.25, 0.3) is 0 Å². The number of aliphatic hydroxyl groups excluding tert-OH is 1. The molecule has 1 nitrogen and oxygen atoms in total. The number of thiophene rings is 1. The van der Waals surface area contributed by atoms with Gasteiger partial charge in [0.05, 0.1) is 16.3 Å². The second-order valence-corrected chi connectivity index (χ2v) is 5.15. The van der Waals surface area contributed by atoms with Gasteiger partial charge in [0, 0.05) is 14.3 Å². The summed E-state index contributed by atoms with van der Waals surface area (Å²) < 4.78 is 2.29. The van der Waals surface area contributed by atoms with Crippen LogP contribution >= 0.6 is 45.5 Å². The molecule has 0 saturated carbocycles. The summed E-state index contributed by atoms with van der Waals surface area (Å²) >= 11 is 9.96. The molecule has 2 rings (SSSR count). The minimum absolute atomic E-state index is 0.0432. The van der Waals surface area contributed by atoms with Crippen LogP contribution in [0.15, 0.2) is 17.5 Å². The molecule has 1 aromatic carbocycles. The summed E-state index contributed by atoms with van der Waals surface area (Å²) in [4.78, 5) is 0. The second kappa shape index (κ2) is 3.73. The first-order valence-corrected chi connectivity index (χ1v) is 6.02. The lowest BCUT2D eigenvalue weighted by atomic mass is 10.2. The van der Waals surface area contributed by atoms with Crippen LogP contribution in [0.1, 0.15) is 5.56 Å². The first-order chi connectivity index (χ1) is 6.22. The van der Waals surface area contributed by atoms with Crippen molar-refractivity contribution in [2.24, 2.45) is 0 Å². The average Bonchev–Trinajstić information content (AvgIpc) is 2.48. The van der Waals surface area contributed by atoms with Crippen LogP contribution in [0.25, 0.3) is 10.1 Å². The molecule has 0 fully saturated rings. The molecule has 0 atom stereocenters. The van der Waals surface area contributed by atoms with Gasteiger partial charge in [0.1, 0.15) is 0 Å². The molecule has 0 saturated heterocycles. The topological polar surface area (TPSA) is 20.2 Å². The molecule has 4 heteroatoms. The van der Waals surface area contributed by atoms with Gasteiger partial charge in [-0.05, 0) is 40.3 Å². The average molecular weight is 325 g/mol. The largest absolute Gasteiger partial charge is 0.392 e. The van der Waals surface area contributed by atoms with E-state index in [1.165, 1.54) is 3.57 Å². The van der Waals surface area contributed by atoms with Crippen LogP contribution in [0, 0.1) is 3.57 Å². The minimum Gasteiger partial charge on any atom is -0.392 e. The van der Waals surface area contributed by atoms with E-state index < -0.39 is 0 Å². The smallest absolute Gasteiger partial charge is 0.0682 e. The lowest BCUT2D eigenvalue weighted by Crippen LogP contribution is -1.82. The van der Waals surface area contributed by atoms with Crippen molar-refractivity contribution in [3.8, 4) is 0 Å². The van der Waals surface area contributed by atoms with Crippen molar-refractivity contribution in [2.45, 2.75) is 6.61 Å². The predicted octanol–water partition coefficient (Wildman–Crippen LogP) is 3.65. The molecular weight excluding hydrogens is 319 g/mol. The Morgan fingerprint density at radius 1 is 1.46 bits per heavy atom. The van der Waals surface area contributed by atoms with E-state index in [9.17, 15) is 0 Å². The number of benzene rings is 1. The van der Waals surface area contributed by atoms with Gasteiger partial charge in [0.15, 0.2) is 0 Å². The molecule has 1 N–H and O–H groups in total. The zero-order chi connectivity index (χ0) is 9.42. The van der Waals surface area contributed by atoms with E-state index in [2.05, 4.69) is 28.0 Å². The van der Waals surface area contributed by atoms with Crippen molar-refractivity contribution >= 4 is 55.6 Å². The Morgan fingerprint density at radius 3 is 2.92 bits per heavy atom. The Labute approximate surface area is 98.5 Å². The number of hydrogen-bond acceptors (Lipinski definition) is 2. The van der Waals surface area contributed by atoms with Crippen LogP contribution in [0.2, 0.25) is 5.02 Å². The summed E-state index contributed by atoms with van der Waals surface area (Å²) in [5.74, 6) is 0. The van der Waals surface area contributed by atoms with E-state index in [0.29, 0.717) is 0 Å². The Bertz CT molecular complexity index is 452.